The van der Waals surface area contributed by atoms with E-state index in [2.05, 4.69) is 44.0 Å². The second kappa shape index (κ2) is 11.0. The van der Waals surface area contributed by atoms with Crippen molar-refractivity contribution < 1.29 is 9.53 Å². The van der Waals surface area contributed by atoms with Crippen LogP contribution in [0.4, 0.5) is 0 Å². The maximum Gasteiger partial charge on any atom is 0.230 e. The molecule has 3 aromatic rings. The molecule has 1 amide bonds. The number of nitrogens with one attached hydrogen (secondary N) is 1. The molecule has 0 aliphatic carbocycles. The van der Waals surface area contributed by atoms with Crippen LogP contribution < -0.4 is 10.1 Å². The summed E-state index contributed by atoms with van der Waals surface area (Å²) in [6.45, 7) is 5.51. The van der Waals surface area contributed by atoms with Gasteiger partial charge in [0.2, 0.25) is 5.91 Å². The third kappa shape index (κ3) is 5.33. The molecule has 1 aliphatic heterocycles. The first-order chi connectivity index (χ1) is 15.7. The van der Waals surface area contributed by atoms with E-state index in [1.54, 1.807) is 18.4 Å². The summed E-state index contributed by atoms with van der Waals surface area (Å²) in [6.07, 6.45) is 2.40. The Labute approximate surface area is 197 Å². The molecule has 1 aromatic carbocycles. The highest BCUT2D eigenvalue weighted by atomic mass is 32.2. The van der Waals surface area contributed by atoms with Crippen molar-refractivity contribution in [1.29, 1.82) is 0 Å². The Hall–Kier alpha value is -2.36. The first-order valence-corrected chi connectivity index (χ1v) is 12.8. The van der Waals surface area contributed by atoms with Gasteiger partial charge in [-0.3, -0.25) is 9.69 Å². The molecule has 0 bridgehead atoms. The number of aromatic nitrogens is 3. The molecule has 32 heavy (non-hydrogen) atoms. The molecule has 0 saturated carbocycles. The van der Waals surface area contributed by atoms with E-state index in [-0.39, 0.29) is 11.9 Å². The van der Waals surface area contributed by atoms with Crippen LogP contribution >= 0.6 is 23.1 Å². The SMILES string of the molecule is CCn1c(SCC(=O)NCC(c2cccc(OC)c2)N2CCCC2)nnc1-c1cccs1. The van der Waals surface area contributed by atoms with Gasteiger partial charge in [0.25, 0.3) is 0 Å². The molecule has 1 aliphatic rings. The molecule has 9 heteroatoms. The highest BCUT2D eigenvalue weighted by Crippen LogP contribution is 2.28. The van der Waals surface area contributed by atoms with Gasteiger partial charge in [-0.25, -0.2) is 0 Å². The average Bonchev–Trinajstić information content (AvgIpc) is 3.59. The molecule has 0 spiro atoms. The van der Waals surface area contributed by atoms with E-state index in [4.69, 9.17) is 4.74 Å². The predicted molar refractivity (Wildman–Crippen MR) is 129 cm³/mol. The maximum atomic E-state index is 12.7. The van der Waals surface area contributed by atoms with Crippen LogP contribution in [0.2, 0.25) is 0 Å². The predicted octanol–water partition coefficient (Wildman–Crippen LogP) is 4.08. The molecule has 7 nitrogen and oxygen atoms in total. The largest absolute Gasteiger partial charge is 0.497 e. The minimum absolute atomic E-state index is 0.00502. The molecule has 1 atom stereocenters. The van der Waals surface area contributed by atoms with Gasteiger partial charge in [0.1, 0.15) is 5.75 Å². The van der Waals surface area contributed by atoms with Crippen molar-refractivity contribution in [3.05, 3.63) is 47.3 Å². The highest BCUT2D eigenvalue weighted by Gasteiger charge is 2.24. The molecule has 1 saturated heterocycles. The van der Waals surface area contributed by atoms with Crippen LogP contribution in [-0.2, 0) is 11.3 Å². The second-order valence-corrected chi connectivity index (χ2v) is 9.55. The van der Waals surface area contributed by atoms with Gasteiger partial charge in [-0.1, -0.05) is 30.0 Å². The Morgan fingerprint density at radius 1 is 1.25 bits per heavy atom. The Morgan fingerprint density at radius 2 is 2.09 bits per heavy atom. The monoisotopic (exact) mass is 471 g/mol. The molecule has 1 fully saturated rings. The zero-order chi connectivity index (χ0) is 22.3. The van der Waals surface area contributed by atoms with E-state index in [9.17, 15) is 4.79 Å². The van der Waals surface area contributed by atoms with Gasteiger partial charge < -0.3 is 14.6 Å². The van der Waals surface area contributed by atoms with Crippen LogP contribution in [0.15, 0.2) is 46.9 Å². The molecule has 170 valence electrons. The van der Waals surface area contributed by atoms with Gasteiger partial charge in [-0.05, 0) is 62.0 Å². The normalized spacial score (nSPS) is 15.1. The number of nitrogens with zero attached hydrogens (tertiary/aromatic N) is 4. The third-order valence-corrected chi connectivity index (χ3v) is 7.49. The van der Waals surface area contributed by atoms with Crippen LogP contribution in [0.3, 0.4) is 0 Å². The smallest absolute Gasteiger partial charge is 0.230 e. The van der Waals surface area contributed by atoms with E-state index in [1.807, 2.05) is 29.6 Å². The van der Waals surface area contributed by atoms with E-state index in [0.717, 1.165) is 41.2 Å². The quantitative estimate of drug-likeness (QED) is 0.449. The Kier molecular flexibility index (Phi) is 7.83. The molecule has 0 radical (unpaired) electrons. The summed E-state index contributed by atoms with van der Waals surface area (Å²) < 4.78 is 7.47. The zero-order valence-electron chi connectivity index (χ0n) is 18.5. The molecule has 1 unspecified atom stereocenters. The number of hydrogen-bond donors (Lipinski definition) is 1. The number of hydrogen-bond acceptors (Lipinski definition) is 7. The summed E-state index contributed by atoms with van der Waals surface area (Å²) in [7, 11) is 1.68. The zero-order valence-corrected chi connectivity index (χ0v) is 20.1. The number of amides is 1. The van der Waals surface area contributed by atoms with E-state index < -0.39 is 0 Å². The van der Waals surface area contributed by atoms with E-state index >= 15 is 0 Å². The van der Waals surface area contributed by atoms with Gasteiger partial charge in [-0.15, -0.1) is 21.5 Å². The minimum Gasteiger partial charge on any atom is -0.497 e. The van der Waals surface area contributed by atoms with Crippen molar-refractivity contribution in [2.24, 2.45) is 0 Å². The molecular formula is C23H29N5O2S2. The number of carbonyl (C=O) groups is 1. The molecule has 2 aromatic heterocycles. The van der Waals surface area contributed by atoms with Crippen LogP contribution in [0.5, 0.6) is 5.75 Å². The van der Waals surface area contributed by atoms with Crippen LogP contribution in [0.1, 0.15) is 31.4 Å². The molecule has 3 heterocycles. The van der Waals surface area contributed by atoms with Crippen LogP contribution in [0.25, 0.3) is 10.7 Å². The summed E-state index contributed by atoms with van der Waals surface area (Å²) in [6, 6.07) is 12.3. The Bertz CT molecular complexity index is 1020. The third-order valence-electron chi connectivity index (χ3n) is 5.66. The fourth-order valence-electron chi connectivity index (χ4n) is 4.02. The molecule has 4 rings (SSSR count). The first-order valence-electron chi connectivity index (χ1n) is 10.9. The lowest BCUT2D eigenvalue weighted by Gasteiger charge is -2.28. The number of thioether (sulfide) groups is 1. The summed E-state index contributed by atoms with van der Waals surface area (Å²) in [5, 5.41) is 14.6. The van der Waals surface area contributed by atoms with Gasteiger partial charge >= 0.3 is 0 Å². The number of rotatable bonds is 10. The Morgan fingerprint density at radius 3 is 2.81 bits per heavy atom. The number of methoxy groups -OCH3 is 1. The Balaban J connectivity index is 1.38. The summed E-state index contributed by atoms with van der Waals surface area (Å²) >= 11 is 3.07. The number of ether oxygens (including phenoxy) is 1. The number of likely N-dealkylation sites (tertiary alicyclic amines) is 1. The van der Waals surface area contributed by atoms with Gasteiger partial charge in [0.05, 0.1) is 23.8 Å². The lowest BCUT2D eigenvalue weighted by molar-refractivity contribution is -0.118. The van der Waals surface area contributed by atoms with E-state index in [0.29, 0.717) is 12.3 Å². The van der Waals surface area contributed by atoms with Gasteiger partial charge in [0, 0.05) is 13.1 Å². The topological polar surface area (TPSA) is 72.3 Å². The number of benzene rings is 1. The van der Waals surface area contributed by atoms with Crippen LogP contribution in [0, 0.1) is 0 Å². The second-order valence-electron chi connectivity index (χ2n) is 7.66. The summed E-state index contributed by atoms with van der Waals surface area (Å²) in [4.78, 5) is 16.2. The fraction of sp³-hybridized carbons (Fsp3) is 0.435. The van der Waals surface area contributed by atoms with Crippen molar-refractivity contribution in [2.45, 2.75) is 37.5 Å². The average molecular weight is 472 g/mol. The van der Waals surface area contributed by atoms with Gasteiger partial charge in [0.15, 0.2) is 11.0 Å². The number of thiophene rings is 1. The van der Waals surface area contributed by atoms with Crippen molar-refractivity contribution in [3.63, 3.8) is 0 Å². The van der Waals surface area contributed by atoms with Crippen molar-refractivity contribution in [1.82, 2.24) is 25.0 Å². The summed E-state index contributed by atoms with van der Waals surface area (Å²) in [5.41, 5.74) is 1.17. The summed E-state index contributed by atoms with van der Waals surface area (Å²) in [5.74, 6) is 2.02. The molecular weight excluding hydrogens is 442 g/mol. The molecule has 1 N–H and O–H groups in total. The van der Waals surface area contributed by atoms with E-state index in [1.165, 1.54) is 30.2 Å². The first kappa shape index (κ1) is 22.8. The van der Waals surface area contributed by atoms with Crippen molar-refractivity contribution in [2.75, 3.05) is 32.5 Å². The standard InChI is InChI=1S/C23H29N5O2S2/c1-3-28-22(20-10-7-13-31-20)25-26-23(28)32-16-21(29)24-15-19(27-11-4-5-12-27)17-8-6-9-18(14-17)30-2/h6-10,13-14,19H,3-5,11-12,15-16H2,1-2H3,(H,24,29). The van der Waals surface area contributed by atoms with Crippen molar-refractivity contribution >= 4 is 29.0 Å². The fourth-order valence-corrected chi connectivity index (χ4v) is 5.57. The van der Waals surface area contributed by atoms with Crippen molar-refractivity contribution in [3.8, 4) is 16.5 Å². The van der Waals surface area contributed by atoms with Crippen LogP contribution in [-0.4, -0.2) is 58.1 Å². The minimum atomic E-state index is 0.00502. The maximum absolute atomic E-state index is 12.7. The lowest BCUT2D eigenvalue weighted by Crippen LogP contribution is -2.37. The lowest BCUT2D eigenvalue weighted by atomic mass is 10.0. The highest BCUT2D eigenvalue weighted by molar-refractivity contribution is 7.99. The van der Waals surface area contributed by atoms with Gasteiger partial charge in [-0.2, -0.15) is 0 Å². The number of carbonyl (C=O) groups excluding carboxylic acids is 1.